The molecule has 148 valence electrons. The van der Waals surface area contributed by atoms with E-state index in [1.807, 2.05) is 0 Å². The highest BCUT2D eigenvalue weighted by atomic mass is 32.2. The van der Waals surface area contributed by atoms with Crippen molar-refractivity contribution in [3.8, 4) is 0 Å². The lowest BCUT2D eigenvalue weighted by Gasteiger charge is -2.34. The summed E-state index contributed by atoms with van der Waals surface area (Å²) in [5.74, 6) is -1.95. The van der Waals surface area contributed by atoms with E-state index in [1.54, 1.807) is 0 Å². The van der Waals surface area contributed by atoms with Crippen molar-refractivity contribution in [3.63, 3.8) is 0 Å². The number of hydrogen-bond donors (Lipinski definition) is 2. The molecule has 4 nitrogen and oxygen atoms in total. The van der Waals surface area contributed by atoms with Crippen LogP contribution in [0.3, 0.4) is 0 Å². The highest BCUT2D eigenvalue weighted by molar-refractivity contribution is 7.89. The molecule has 0 aliphatic carbocycles. The fourth-order valence-corrected chi connectivity index (χ4v) is 4.40. The zero-order valence-corrected chi connectivity index (χ0v) is 15.1. The van der Waals surface area contributed by atoms with E-state index >= 15 is 0 Å². The van der Waals surface area contributed by atoms with Crippen LogP contribution < -0.4 is 10.5 Å². The van der Waals surface area contributed by atoms with Crippen LogP contribution in [0.1, 0.15) is 28.9 Å². The fourth-order valence-electron chi connectivity index (χ4n) is 2.88. The van der Waals surface area contributed by atoms with Gasteiger partial charge < -0.3 is 5.73 Å². The number of hydrogen-bond acceptors (Lipinski definition) is 3. The monoisotopic (exact) mass is 408 g/mol. The first kappa shape index (κ1) is 21.3. The van der Waals surface area contributed by atoms with Gasteiger partial charge in [0.2, 0.25) is 10.0 Å². The van der Waals surface area contributed by atoms with Gasteiger partial charge in [-0.05, 0) is 37.7 Å². The minimum atomic E-state index is -4.61. The third-order valence-electron chi connectivity index (χ3n) is 4.19. The predicted molar refractivity (Wildman–Crippen MR) is 90.1 cm³/mol. The molecule has 10 heteroatoms. The van der Waals surface area contributed by atoms with Gasteiger partial charge in [-0.3, -0.25) is 0 Å². The largest absolute Gasteiger partial charge is 0.416 e. The molecule has 3 N–H and O–H groups in total. The van der Waals surface area contributed by atoms with Crippen LogP contribution in [-0.2, 0) is 21.7 Å². The lowest BCUT2D eigenvalue weighted by atomic mass is 9.85. The van der Waals surface area contributed by atoms with Crippen LogP contribution in [0.15, 0.2) is 42.5 Å². The molecule has 0 bridgehead atoms. The second kappa shape index (κ2) is 7.17. The Morgan fingerprint density at radius 2 is 1.59 bits per heavy atom. The second-order valence-corrected chi connectivity index (χ2v) is 8.13. The minimum Gasteiger partial charge on any atom is -0.320 e. The molecule has 0 fully saturated rings. The predicted octanol–water partition coefficient (Wildman–Crippen LogP) is 3.45. The van der Waals surface area contributed by atoms with E-state index in [9.17, 15) is 30.4 Å². The highest BCUT2D eigenvalue weighted by Gasteiger charge is 2.44. The molecule has 0 aromatic heterocycles. The molecular formula is C17H17F5N2O2S. The third kappa shape index (κ3) is 4.28. The highest BCUT2D eigenvalue weighted by Crippen LogP contribution is 2.40. The first-order chi connectivity index (χ1) is 12.3. The summed E-state index contributed by atoms with van der Waals surface area (Å²) >= 11 is 0. The Kier molecular flexibility index (Phi) is 5.65. The van der Waals surface area contributed by atoms with Crippen molar-refractivity contribution in [1.82, 2.24) is 4.72 Å². The Balaban J connectivity index is 2.65. The van der Waals surface area contributed by atoms with E-state index in [2.05, 4.69) is 4.72 Å². The first-order valence-corrected chi connectivity index (χ1v) is 9.19. The van der Waals surface area contributed by atoms with Crippen LogP contribution in [0.2, 0.25) is 0 Å². The summed E-state index contributed by atoms with van der Waals surface area (Å²) in [5.41, 5.74) is 2.88. The summed E-state index contributed by atoms with van der Waals surface area (Å²) in [7, 11) is -3.11. The Morgan fingerprint density at radius 1 is 1.04 bits per heavy atom. The van der Waals surface area contributed by atoms with Gasteiger partial charge in [0, 0.05) is 11.6 Å². The van der Waals surface area contributed by atoms with Crippen LogP contribution in [0.4, 0.5) is 22.0 Å². The number of sulfonamides is 1. The Hall–Kier alpha value is -2.04. The van der Waals surface area contributed by atoms with Gasteiger partial charge in [0.25, 0.3) is 0 Å². The van der Waals surface area contributed by atoms with E-state index in [0.717, 1.165) is 31.3 Å². The molecule has 2 rings (SSSR count). The molecule has 0 heterocycles. The summed E-state index contributed by atoms with van der Waals surface area (Å²) in [4.78, 5) is 0. The van der Waals surface area contributed by atoms with Gasteiger partial charge in [0.15, 0.2) is 0 Å². The van der Waals surface area contributed by atoms with E-state index in [1.165, 1.54) is 6.92 Å². The number of benzene rings is 2. The SMILES string of the molecule is CNS(=O)(=O)C(c1ccc(C(F)(F)F)cc1)[C@](C)(N)c1ccc(F)cc1F. The van der Waals surface area contributed by atoms with E-state index < -0.39 is 44.2 Å². The Labute approximate surface area is 153 Å². The van der Waals surface area contributed by atoms with Gasteiger partial charge in [-0.1, -0.05) is 18.2 Å². The molecule has 0 amide bonds. The summed E-state index contributed by atoms with van der Waals surface area (Å²) in [5, 5.41) is -1.64. The normalized spacial score (nSPS) is 16.0. The molecule has 27 heavy (non-hydrogen) atoms. The first-order valence-electron chi connectivity index (χ1n) is 7.64. The van der Waals surface area contributed by atoms with E-state index in [0.29, 0.717) is 18.2 Å². The van der Waals surface area contributed by atoms with E-state index in [4.69, 9.17) is 5.73 Å². The van der Waals surface area contributed by atoms with Crippen LogP contribution >= 0.6 is 0 Å². The van der Waals surface area contributed by atoms with Gasteiger partial charge in [-0.2, -0.15) is 13.2 Å². The van der Waals surface area contributed by atoms with Crippen LogP contribution in [0.25, 0.3) is 0 Å². The molecule has 0 spiro atoms. The quantitative estimate of drug-likeness (QED) is 0.745. The van der Waals surface area contributed by atoms with Crippen LogP contribution in [0.5, 0.6) is 0 Å². The summed E-state index contributed by atoms with van der Waals surface area (Å²) in [6, 6.07) is 5.83. The molecule has 0 aliphatic heterocycles. The zero-order valence-electron chi connectivity index (χ0n) is 14.3. The van der Waals surface area contributed by atoms with E-state index in [-0.39, 0.29) is 11.1 Å². The molecule has 2 aromatic rings. The van der Waals surface area contributed by atoms with Crippen molar-refractivity contribution < 1.29 is 30.4 Å². The fraction of sp³-hybridized carbons (Fsp3) is 0.294. The summed E-state index contributed by atoms with van der Waals surface area (Å²) in [6.07, 6.45) is -4.61. The van der Waals surface area contributed by atoms with Gasteiger partial charge in [-0.25, -0.2) is 21.9 Å². The molecule has 2 aromatic carbocycles. The number of halogens is 5. The maximum atomic E-state index is 14.3. The average Bonchev–Trinajstić information content (AvgIpc) is 2.53. The molecule has 0 saturated heterocycles. The lowest BCUT2D eigenvalue weighted by Crippen LogP contribution is -2.47. The summed E-state index contributed by atoms with van der Waals surface area (Å²) < 4.78 is 93.0. The Bertz CT molecular complexity index is 925. The van der Waals surface area contributed by atoms with Crippen molar-refractivity contribution >= 4 is 10.0 Å². The maximum absolute atomic E-state index is 14.3. The van der Waals surface area contributed by atoms with Crippen molar-refractivity contribution in [2.75, 3.05) is 7.05 Å². The molecule has 2 atom stereocenters. The average molecular weight is 408 g/mol. The van der Waals surface area contributed by atoms with Gasteiger partial charge in [-0.15, -0.1) is 0 Å². The number of rotatable bonds is 5. The maximum Gasteiger partial charge on any atom is 0.416 e. The zero-order chi connectivity index (χ0) is 20.6. The smallest absolute Gasteiger partial charge is 0.320 e. The minimum absolute atomic E-state index is 0.0777. The molecule has 0 aliphatic rings. The van der Waals surface area contributed by atoms with Crippen molar-refractivity contribution in [3.05, 3.63) is 70.8 Å². The summed E-state index contributed by atoms with van der Waals surface area (Å²) in [6.45, 7) is 1.21. The molecule has 0 saturated carbocycles. The second-order valence-electron chi connectivity index (χ2n) is 6.16. The molecule has 1 unspecified atom stereocenters. The number of alkyl halides is 3. The number of nitrogens with two attached hydrogens (primary N) is 1. The lowest BCUT2D eigenvalue weighted by molar-refractivity contribution is -0.137. The standard InChI is InChI=1S/C17H17F5N2O2S/c1-16(23,13-8-7-12(18)9-14(13)19)15(27(25,26)24-2)10-3-5-11(6-4-10)17(20,21)22/h3-9,15,24H,23H2,1-2H3/t15?,16-/m1/s1. The molecular weight excluding hydrogens is 391 g/mol. The topological polar surface area (TPSA) is 72.2 Å². The Morgan fingerprint density at radius 3 is 2.04 bits per heavy atom. The van der Waals surface area contributed by atoms with Crippen molar-refractivity contribution in [1.29, 1.82) is 0 Å². The van der Waals surface area contributed by atoms with Gasteiger partial charge in [0.05, 0.1) is 11.1 Å². The van der Waals surface area contributed by atoms with Crippen LogP contribution in [-0.4, -0.2) is 15.5 Å². The van der Waals surface area contributed by atoms with Crippen LogP contribution in [0, 0.1) is 11.6 Å². The van der Waals surface area contributed by atoms with Gasteiger partial charge in [0.1, 0.15) is 16.9 Å². The molecule has 0 radical (unpaired) electrons. The van der Waals surface area contributed by atoms with Gasteiger partial charge >= 0.3 is 6.18 Å². The van der Waals surface area contributed by atoms with Crippen molar-refractivity contribution in [2.45, 2.75) is 23.9 Å². The third-order valence-corrected chi connectivity index (χ3v) is 6.14. The number of nitrogens with one attached hydrogen (secondary N) is 1. The van der Waals surface area contributed by atoms with Crippen molar-refractivity contribution in [2.24, 2.45) is 5.73 Å².